The molecular formula is C14H25N3. The minimum atomic E-state index is 0.538. The van der Waals surface area contributed by atoms with Gasteiger partial charge in [0.25, 0.3) is 0 Å². The molecule has 3 heteroatoms. The molecule has 0 bridgehead atoms. The van der Waals surface area contributed by atoms with Gasteiger partial charge in [-0.3, -0.25) is 4.68 Å². The van der Waals surface area contributed by atoms with Crippen molar-refractivity contribution in [2.45, 2.75) is 65.6 Å². The smallest absolute Gasteiger partial charge is 0.0537 e. The van der Waals surface area contributed by atoms with Crippen molar-refractivity contribution < 1.29 is 0 Å². The number of aromatic nitrogens is 2. The van der Waals surface area contributed by atoms with Gasteiger partial charge < -0.3 is 5.32 Å². The molecule has 0 atom stereocenters. The van der Waals surface area contributed by atoms with E-state index in [2.05, 4.69) is 49.0 Å². The molecule has 1 aromatic rings. The summed E-state index contributed by atoms with van der Waals surface area (Å²) in [6, 6.07) is 0.538. The molecule has 0 spiro atoms. The highest BCUT2D eigenvalue weighted by atomic mass is 15.3. The number of nitrogens with zero attached hydrogens (tertiary/aromatic N) is 2. The summed E-state index contributed by atoms with van der Waals surface area (Å²) in [5.74, 6) is 1.44. The topological polar surface area (TPSA) is 29.9 Å². The third-order valence-electron chi connectivity index (χ3n) is 3.16. The molecule has 1 fully saturated rings. The maximum atomic E-state index is 4.57. The van der Waals surface area contributed by atoms with E-state index in [4.69, 9.17) is 0 Å². The van der Waals surface area contributed by atoms with Crippen molar-refractivity contribution in [2.24, 2.45) is 5.92 Å². The van der Waals surface area contributed by atoms with Gasteiger partial charge in [0, 0.05) is 36.3 Å². The molecule has 0 aromatic carbocycles. The summed E-state index contributed by atoms with van der Waals surface area (Å²) in [6.07, 6.45) is 4.75. The average Bonchev–Trinajstić information content (AvgIpc) is 2.98. The van der Waals surface area contributed by atoms with Gasteiger partial charge in [-0.25, -0.2) is 0 Å². The second-order valence-corrected chi connectivity index (χ2v) is 5.94. The summed E-state index contributed by atoms with van der Waals surface area (Å²) in [7, 11) is 0. The molecule has 0 saturated heterocycles. The van der Waals surface area contributed by atoms with Crippen molar-refractivity contribution >= 4 is 0 Å². The highest BCUT2D eigenvalue weighted by Gasteiger charge is 2.30. The van der Waals surface area contributed by atoms with E-state index < -0.39 is 0 Å². The molecule has 0 unspecified atom stereocenters. The Morgan fingerprint density at radius 1 is 1.35 bits per heavy atom. The molecule has 96 valence electrons. The second-order valence-electron chi connectivity index (χ2n) is 5.94. The third kappa shape index (κ3) is 3.32. The molecule has 1 heterocycles. The van der Waals surface area contributed by atoms with E-state index in [1.54, 1.807) is 0 Å². The first-order valence-corrected chi connectivity index (χ1v) is 6.86. The minimum Gasteiger partial charge on any atom is -0.310 e. The summed E-state index contributed by atoms with van der Waals surface area (Å²) >= 11 is 0. The first kappa shape index (κ1) is 12.6. The maximum Gasteiger partial charge on any atom is 0.0537 e. The Balaban J connectivity index is 2.12. The minimum absolute atomic E-state index is 0.538. The Hall–Kier alpha value is -0.830. The SMILES string of the molecule is CC(C)Cn1ncc(CNC(C)C)c1C1CC1. The summed E-state index contributed by atoms with van der Waals surface area (Å²) in [4.78, 5) is 0. The number of hydrogen-bond donors (Lipinski definition) is 1. The third-order valence-corrected chi connectivity index (χ3v) is 3.16. The van der Waals surface area contributed by atoms with Crippen LogP contribution in [-0.2, 0) is 13.1 Å². The molecule has 2 rings (SSSR count). The highest BCUT2D eigenvalue weighted by molar-refractivity contribution is 5.25. The van der Waals surface area contributed by atoms with Gasteiger partial charge in [0.05, 0.1) is 6.20 Å². The van der Waals surface area contributed by atoms with Crippen LogP contribution < -0.4 is 5.32 Å². The van der Waals surface area contributed by atoms with Crippen molar-refractivity contribution in [3.63, 3.8) is 0 Å². The monoisotopic (exact) mass is 235 g/mol. The van der Waals surface area contributed by atoms with Crippen LogP contribution in [0.2, 0.25) is 0 Å². The van der Waals surface area contributed by atoms with Crippen LogP contribution in [0.5, 0.6) is 0 Å². The fraction of sp³-hybridized carbons (Fsp3) is 0.786. The summed E-state index contributed by atoms with van der Waals surface area (Å²) in [5.41, 5.74) is 2.90. The van der Waals surface area contributed by atoms with E-state index in [-0.39, 0.29) is 0 Å². The van der Waals surface area contributed by atoms with Crippen molar-refractivity contribution in [3.05, 3.63) is 17.5 Å². The molecule has 0 radical (unpaired) electrons. The lowest BCUT2D eigenvalue weighted by molar-refractivity contribution is 0.467. The van der Waals surface area contributed by atoms with Gasteiger partial charge in [-0.15, -0.1) is 0 Å². The number of rotatable bonds is 6. The lowest BCUT2D eigenvalue weighted by Crippen LogP contribution is -2.22. The van der Waals surface area contributed by atoms with E-state index >= 15 is 0 Å². The van der Waals surface area contributed by atoms with Crippen LogP contribution in [0.15, 0.2) is 6.20 Å². The predicted octanol–water partition coefficient (Wildman–Crippen LogP) is 2.91. The molecule has 3 nitrogen and oxygen atoms in total. The molecule has 0 aliphatic heterocycles. The molecule has 1 N–H and O–H groups in total. The fourth-order valence-corrected chi connectivity index (χ4v) is 2.20. The molecule has 1 saturated carbocycles. The van der Waals surface area contributed by atoms with E-state index in [1.807, 2.05) is 0 Å². The molecule has 1 aliphatic rings. The standard InChI is InChI=1S/C14H25N3/c1-10(2)9-17-14(12-5-6-12)13(8-16-17)7-15-11(3)4/h8,10-12,15H,5-7,9H2,1-4H3. The normalized spacial score (nSPS) is 16.1. The van der Waals surface area contributed by atoms with Crippen molar-refractivity contribution in [3.8, 4) is 0 Å². The van der Waals surface area contributed by atoms with Crippen LogP contribution in [0.4, 0.5) is 0 Å². The fourth-order valence-electron chi connectivity index (χ4n) is 2.20. The largest absolute Gasteiger partial charge is 0.310 e. The number of nitrogens with one attached hydrogen (secondary N) is 1. The van der Waals surface area contributed by atoms with E-state index in [1.165, 1.54) is 24.1 Å². The first-order valence-electron chi connectivity index (χ1n) is 6.86. The quantitative estimate of drug-likeness (QED) is 0.821. The first-order chi connectivity index (χ1) is 8.08. The Morgan fingerprint density at radius 2 is 2.06 bits per heavy atom. The Bertz CT molecular complexity index is 362. The van der Waals surface area contributed by atoms with Crippen LogP contribution >= 0.6 is 0 Å². The predicted molar refractivity (Wildman–Crippen MR) is 71.0 cm³/mol. The lowest BCUT2D eigenvalue weighted by atomic mass is 10.1. The van der Waals surface area contributed by atoms with Crippen molar-refractivity contribution in [2.75, 3.05) is 0 Å². The Kier molecular flexibility index (Phi) is 3.87. The van der Waals surface area contributed by atoms with Gasteiger partial charge in [0.2, 0.25) is 0 Å². The molecular weight excluding hydrogens is 210 g/mol. The molecule has 1 aliphatic carbocycles. The van der Waals surface area contributed by atoms with Crippen LogP contribution in [0.25, 0.3) is 0 Å². The van der Waals surface area contributed by atoms with Gasteiger partial charge in [-0.05, 0) is 18.8 Å². The van der Waals surface area contributed by atoms with Gasteiger partial charge in [-0.1, -0.05) is 27.7 Å². The van der Waals surface area contributed by atoms with E-state index in [9.17, 15) is 0 Å². The zero-order valence-corrected chi connectivity index (χ0v) is 11.5. The maximum absolute atomic E-state index is 4.57. The van der Waals surface area contributed by atoms with Crippen LogP contribution in [0.1, 0.15) is 57.7 Å². The van der Waals surface area contributed by atoms with Crippen LogP contribution in [0.3, 0.4) is 0 Å². The Morgan fingerprint density at radius 3 is 2.59 bits per heavy atom. The highest BCUT2D eigenvalue weighted by Crippen LogP contribution is 2.41. The Labute approximate surface area is 105 Å². The molecule has 1 aromatic heterocycles. The van der Waals surface area contributed by atoms with Crippen molar-refractivity contribution in [1.82, 2.24) is 15.1 Å². The lowest BCUT2D eigenvalue weighted by Gasteiger charge is -2.12. The van der Waals surface area contributed by atoms with Gasteiger partial charge in [0.15, 0.2) is 0 Å². The molecule has 0 amide bonds. The zero-order chi connectivity index (χ0) is 12.4. The number of hydrogen-bond acceptors (Lipinski definition) is 2. The summed E-state index contributed by atoms with van der Waals surface area (Å²) < 4.78 is 2.24. The van der Waals surface area contributed by atoms with E-state index in [0.29, 0.717) is 12.0 Å². The van der Waals surface area contributed by atoms with Crippen LogP contribution in [0, 0.1) is 5.92 Å². The summed E-state index contributed by atoms with van der Waals surface area (Å²) in [6.45, 7) is 10.9. The van der Waals surface area contributed by atoms with Gasteiger partial charge >= 0.3 is 0 Å². The zero-order valence-electron chi connectivity index (χ0n) is 11.5. The van der Waals surface area contributed by atoms with Gasteiger partial charge in [-0.2, -0.15) is 5.10 Å². The summed E-state index contributed by atoms with van der Waals surface area (Å²) in [5, 5.41) is 8.07. The van der Waals surface area contributed by atoms with Crippen LogP contribution in [-0.4, -0.2) is 15.8 Å². The van der Waals surface area contributed by atoms with E-state index in [0.717, 1.165) is 19.0 Å². The van der Waals surface area contributed by atoms with Gasteiger partial charge in [0.1, 0.15) is 0 Å². The molecule has 17 heavy (non-hydrogen) atoms. The van der Waals surface area contributed by atoms with Crippen molar-refractivity contribution in [1.29, 1.82) is 0 Å². The second kappa shape index (κ2) is 5.21. The average molecular weight is 235 g/mol.